The molecule has 0 unspecified atom stereocenters. The van der Waals surface area contributed by atoms with Gasteiger partial charge < -0.3 is 20.8 Å². The van der Waals surface area contributed by atoms with Gasteiger partial charge in [0.1, 0.15) is 23.1 Å². The lowest BCUT2D eigenvalue weighted by Gasteiger charge is -2.17. The maximum Gasteiger partial charge on any atom is 0.134 e. The molecule has 314 valence electrons. The highest BCUT2D eigenvalue weighted by atomic mass is 32.1. The summed E-state index contributed by atoms with van der Waals surface area (Å²) in [7, 11) is 0. The highest BCUT2D eigenvalue weighted by molar-refractivity contribution is 7.17. The number of pyridine rings is 2. The van der Waals surface area contributed by atoms with Crippen LogP contribution in [0, 0.1) is 25.5 Å². The number of nitrogens with zero attached hydrogens (tertiary/aromatic N) is 4. The van der Waals surface area contributed by atoms with Crippen LogP contribution in [-0.2, 0) is 13.1 Å². The van der Waals surface area contributed by atoms with E-state index < -0.39 is 0 Å². The van der Waals surface area contributed by atoms with Crippen molar-refractivity contribution in [3.8, 4) is 67.4 Å². The number of benzene rings is 6. The summed E-state index contributed by atoms with van der Waals surface area (Å²) in [6.45, 7) is 4.44. The van der Waals surface area contributed by atoms with Crippen LogP contribution in [0.15, 0.2) is 145 Å². The fraction of sp³-hybridized carbons (Fsp3) is 0.0769. The average Bonchev–Trinajstić information content (AvgIpc) is 4.00. The van der Waals surface area contributed by atoms with Crippen LogP contribution in [0.4, 0.5) is 20.2 Å². The van der Waals surface area contributed by atoms with E-state index in [1.807, 2.05) is 66.2 Å². The van der Waals surface area contributed by atoms with E-state index in [0.29, 0.717) is 52.2 Å². The minimum Gasteiger partial charge on any atom is -0.508 e. The molecule has 4 N–H and O–H groups in total. The van der Waals surface area contributed by atoms with Crippen molar-refractivity contribution in [2.24, 2.45) is 0 Å². The Balaban J connectivity index is 1.10. The first-order valence-electron chi connectivity index (χ1n) is 20.5. The van der Waals surface area contributed by atoms with Crippen LogP contribution >= 0.6 is 22.7 Å². The number of aromatic hydroxyl groups is 2. The van der Waals surface area contributed by atoms with Crippen molar-refractivity contribution < 1.29 is 19.0 Å². The number of phenolic OH excluding ortho intramolecular Hbond substituents is 2. The lowest BCUT2D eigenvalue weighted by atomic mass is 9.91. The van der Waals surface area contributed by atoms with Crippen molar-refractivity contribution in [1.82, 2.24) is 19.9 Å². The molecule has 64 heavy (non-hydrogen) atoms. The Kier molecular flexibility index (Phi) is 10.7. The van der Waals surface area contributed by atoms with E-state index in [-0.39, 0.29) is 23.1 Å². The number of hydrogen-bond acceptors (Lipinski definition) is 10. The van der Waals surface area contributed by atoms with Crippen LogP contribution in [0.25, 0.3) is 76.3 Å². The van der Waals surface area contributed by atoms with Gasteiger partial charge in [-0.25, -0.2) is 18.7 Å². The van der Waals surface area contributed by atoms with Crippen LogP contribution in [0.1, 0.15) is 22.3 Å². The normalized spacial score (nSPS) is 11.4. The van der Waals surface area contributed by atoms with Crippen molar-refractivity contribution in [3.63, 3.8) is 0 Å². The molecule has 6 aromatic carbocycles. The molecule has 10 aromatic rings. The maximum absolute atomic E-state index is 16.9. The lowest BCUT2D eigenvalue weighted by Crippen LogP contribution is -2.02. The molecule has 12 heteroatoms. The fourth-order valence-corrected chi connectivity index (χ4v) is 9.41. The maximum atomic E-state index is 16.9. The number of aromatic nitrogens is 4. The minimum absolute atomic E-state index is 0.178. The molecular weight excluding hydrogens is 843 g/mol. The highest BCUT2D eigenvalue weighted by Gasteiger charge is 2.21. The first-order valence-corrected chi connectivity index (χ1v) is 22.2. The molecule has 0 radical (unpaired) electrons. The average molecular weight is 881 g/mol. The summed E-state index contributed by atoms with van der Waals surface area (Å²) in [5, 5.41) is 26.8. The molecule has 4 heterocycles. The van der Waals surface area contributed by atoms with Gasteiger partial charge in [0.25, 0.3) is 0 Å². The molecule has 0 amide bonds. The second-order valence-corrected chi connectivity index (χ2v) is 17.4. The zero-order chi connectivity index (χ0) is 43.9. The number of fused-ring (bicyclic) bond motifs is 2. The highest BCUT2D eigenvalue weighted by Crippen LogP contribution is 2.43. The summed E-state index contributed by atoms with van der Waals surface area (Å²) in [4.78, 5) is 19.2. The smallest absolute Gasteiger partial charge is 0.134 e. The number of anilines is 2. The summed E-state index contributed by atoms with van der Waals surface area (Å²) < 4.78 is 33.4. The number of nitrogens with one attached hydrogen (secondary N) is 2. The van der Waals surface area contributed by atoms with Crippen molar-refractivity contribution in [2.45, 2.75) is 26.9 Å². The lowest BCUT2D eigenvalue weighted by molar-refractivity contribution is 0.474. The number of phenols is 2. The Labute approximate surface area is 375 Å². The van der Waals surface area contributed by atoms with Crippen molar-refractivity contribution in [3.05, 3.63) is 179 Å². The van der Waals surface area contributed by atoms with Gasteiger partial charge in [0.15, 0.2) is 0 Å². The minimum atomic E-state index is -0.371. The van der Waals surface area contributed by atoms with Gasteiger partial charge in [0.05, 0.1) is 66.6 Å². The van der Waals surface area contributed by atoms with Crippen LogP contribution in [0.5, 0.6) is 11.5 Å². The molecule has 0 atom stereocenters. The van der Waals surface area contributed by atoms with Gasteiger partial charge in [-0.3, -0.25) is 9.97 Å². The molecule has 0 saturated heterocycles. The first kappa shape index (κ1) is 40.5. The molecule has 0 bridgehead atoms. The fourth-order valence-electron chi connectivity index (χ4n) is 7.96. The van der Waals surface area contributed by atoms with E-state index >= 15 is 4.39 Å². The van der Waals surface area contributed by atoms with E-state index in [4.69, 9.17) is 15.0 Å². The Bertz CT molecular complexity index is 3390. The molecule has 0 fully saturated rings. The van der Waals surface area contributed by atoms with E-state index in [0.717, 1.165) is 70.8 Å². The number of rotatable bonds is 11. The SMILES string of the molecule is Cc1cc(-c2ncc(NCc3cccc(O)c3)cc2-c2cc(-c3cc(-c4ncc(NCc5ccc(O)cc5)cc4-c4ccc5ncsc5c4)cc(C)c3F)c3ncsc3c2)ccc1F. The van der Waals surface area contributed by atoms with Crippen molar-refractivity contribution >= 4 is 54.5 Å². The quantitative estimate of drug-likeness (QED) is 0.102. The number of hydrogen-bond donors (Lipinski definition) is 4. The molecule has 0 aliphatic rings. The third kappa shape index (κ3) is 8.12. The predicted octanol–water partition coefficient (Wildman–Crippen LogP) is 13.6. The predicted molar refractivity (Wildman–Crippen MR) is 256 cm³/mol. The zero-order valence-corrected chi connectivity index (χ0v) is 36.2. The summed E-state index contributed by atoms with van der Waals surface area (Å²) in [5.74, 6) is -0.297. The molecule has 8 nitrogen and oxygen atoms in total. The third-order valence-corrected chi connectivity index (χ3v) is 12.8. The van der Waals surface area contributed by atoms with Crippen LogP contribution < -0.4 is 10.6 Å². The summed E-state index contributed by atoms with van der Waals surface area (Å²) in [5.41, 5.74) is 16.6. The Morgan fingerprint density at radius 3 is 1.94 bits per heavy atom. The summed E-state index contributed by atoms with van der Waals surface area (Å²) in [6.07, 6.45) is 3.53. The molecule has 0 saturated carbocycles. The largest absolute Gasteiger partial charge is 0.508 e. The Morgan fingerprint density at radius 2 is 1.17 bits per heavy atom. The molecule has 0 aliphatic carbocycles. The van der Waals surface area contributed by atoms with Gasteiger partial charge in [-0.2, -0.15) is 0 Å². The van der Waals surface area contributed by atoms with Gasteiger partial charge in [-0.1, -0.05) is 30.3 Å². The summed E-state index contributed by atoms with van der Waals surface area (Å²) >= 11 is 3.03. The third-order valence-electron chi connectivity index (χ3n) is 11.3. The Hall–Kier alpha value is -7.54. The zero-order valence-electron chi connectivity index (χ0n) is 34.5. The standard InChI is InChI=1S/C52H38F2N6O2S2/c1-29-14-34(8-12-45(29)53)50-42(22-38(25-57-50)56-24-32-4-3-5-40(62)16-32)35-17-44(52-48(20-35)64-28-60-52)43-18-36(15-30(2)49(43)54)51-41(33-9-13-46-47(19-33)63-27-59-46)21-37(26-58-51)55-23-31-6-10-39(61)11-7-31/h3-22,25-28,55-56,61-62H,23-24H2,1-2H3. The topological polar surface area (TPSA) is 116 Å². The molecule has 4 aromatic heterocycles. The van der Waals surface area contributed by atoms with E-state index in [9.17, 15) is 14.6 Å². The molecule has 10 rings (SSSR count). The first-order chi connectivity index (χ1) is 31.1. The molecule has 0 spiro atoms. The van der Waals surface area contributed by atoms with Crippen LogP contribution in [0.2, 0.25) is 0 Å². The summed E-state index contributed by atoms with van der Waals surface area (Å²) in [6, 6.07) is 37.0. The number of aryl methyl sites for hydroxylation is 2. The van der Waals surface area contributed by atoms with Gasteiger partial charge in [0.2, 0.25) is 0 Å². The second-order valence-electron chi connectivity index (χ2n) is 15.7. The number of thiazole rings is 2. The Morgan fingerprint density at radius 1 is 0.516 bits per heavy atom. The van der Waals surface area contributed by atoms with Crippen molar-refractivity contribution in [2.75, 3.05) is 10.6 Å². The second kappa shape index (κ2) is 17.0. The number of halogens is 2. The van der Waals surface area contributed by atoms with E-state index in [2.05, 4.69) is 27.8 Å². The molecule has 0 aliphatic heterocycles. The van der Waals surface area contributed by atoms with E-state index in [1.54, 1.807) is 85.6 Å². The van der Waals surface area contributed by atoms with Gasteiger partial charge in [0, 0.05) is 46.5 Å². The van der Waals surface area contributed by atoms with Crippen LogP contribution in [-0.4, -0.2) is 30.1 Å². The van der Waals surface area contributed by atoms with E-state index in [1.165, 1.54) is 17.4 Å². The van der Waals surface area contributed by atoms with Gasteiger partial charge in [-0.15, -0.1) is 22.7 Å². The van der Waals surface area contributed by atoms with Crippen molar-refractivity contribution in [1.29, 1.82) is 0 Å². The van der Waals surface area contributed by atoms with Gasteiger partial charge >= 0.3 is 0 Å². The van der Waals surface area contributed by atoms with Gasteiger partial charge in [-0.05, 0) is 138 Å². The molecular formula is C52H38F2N6O2S2. The van der Waals surface area contributed by atoms with Crippen LogP contribution in [0.3, 0.4) is 0 Å². The monoisotopic (exact) mass is 880 g/mol.